The van der Waals surface area contributed by atoms with Crippen molar-refractivity contribution in [1.82, 2.24) is 9.97 Å². The van der Waals surface area contributed by atoms with E-state index >= 15 is 0 Å². The number of pyridine rings is 1. The van der Waals surface area contributed by atoms with Crippen LogP contribution in [0, 0.1) is 17.8 Å². The van der Waals surface area contributed by atoms with Crippen LogP contribution in [0.3, 0.4) is 0 Å². The summed E-state index contributed by atoms with van der Waals surface area (Å²) < 4.78 is 5.80. The number of aromatic nitrogens is 2. The molecular weight excluding hydrogens is 354 g/mol. The molecule has 1 fully saturated rings. The minimum absolute atomic E-state index is 0.00386. The third kappa shape index (κ3) is 3.78. The largest absolute Gasteiger partial charge is 0.436 e. The minimum Gasteiger partial charge on any atom is -0.436 e. The summed E-state index contributed by atoms with van der Waals surface area (Å²) in [6, 6.07) is 9.18. The molecule has 6 heteroatoms. The Morgan fingerprint density at radius 2 is 2.18 bits per heavy atom. The molecule has 1 aromatic carbocycles. The van der Waals surface area contributed by atoms with Crippen molar-refractivity contribution in [2.24, 2.45) is 17.8 Å². The van der Waals surface area contributed by atoms with E-state index in [0.717, 1.165) is 24.8 Å². The monoisotopic (exact) mass is 379 g/mol. The van der Waals surface area contributed by atoms with Gasteiger partial charge in [0.1, 0.15) is 5.52 Å². The summed E-state index contributed by atoms with van der Waals surface area (Å²) >= 11 is 0. The van der Waals surface area contributed by atoms with Crippen LogP contribution in [0.15, 0.2) is 47.1 Å². The highest BCUT2D eigenvalue weighted by Gasteiger charge is 2.36. The average Bonchev–Trinajstić information content (AvgIpc) is 3.11. The summed E-state index contributed by atoms with van der Waals surface area (Å²) in [5.41, 5.74) is 2.83. The van der Waals surface area contributed by atoms with Crippen LogP contribution < -0.4 is 5.32 Å². The molecule has 0 aliphatic heterocycles. The highest BCUT2D eigenvalue weighted by molar-refractivity contribution is 5.94. The molecule has 2 heterocycles. The molecule has 6 nitrogen and oxygen atoms in total. The molecule has 1 saturated carbocycles. The van der Waals surface area contributed by atoms with Crippen molar-refractivity contribution >= 4 is 22.7 Å². The molecule has 2 aromatic heterocycles. The number of nitrogens with one attached hydrogen (secondary N) is 1. The lowest BCUT2D eigenvalue weighted by atomic mass is 9.72. The fourth-order valence-corrected chi connectivity index (χ4v) is 4.14. The number of carbonyl (C=O) groups is 1. The predicted molar refractivity (Wildman–Crippen MR) is 108 cm³/mol. The van der Waals surface area contributed by atoms with E-state index in [-0.39, 0.29) is 17.7 Å². The van der Waals surface area contributed by atoms with Gasteiger partial charge in [-0.1, -0.05) is 13.3 Å². The molecule has 1 aliphatic rings. The molecule has 4 atom stereocenters. The first kappa shape index (κ1) is 18.6. The van der Waals surface area contributed by atoms with Crippen molar-refractivity contribution in [2.75, 3.05) is 5.32 Å². The fourth-order valence-electron chi connectivity index (χ4n) is 4.14. The SMILES string of the molecule is CC(O)C1CC[C@@H](C)C[C@H]1C(=O)Nc1ccc2oc(-c3cccnc3)nc2c1. The highest BCUT2D eigenvalue weighted by atomic mass is 16.3. The van der Waals surface area contributed by atoms with Crippen LogP contribution >= 0.6 is 0 Å². The number of carbonyl (C=O) groups excluding carboxylic acids is 1. The van der Waals surface area contributed by atoms with Crippen molar-refractivity contribution in [3.63, 3.8) is 0 Å². The Kier molecular flexibility index (Phi) is 5.13. The summed E-state index contributed by atoms with van der Waals surface area (Å²) in [5, 5.41) is 13.1. The summed E-state index contributed by atoms with van der Waals surface area (Å²) in [5.74, 6) is 0.785. The van der Waals surface area contributed by atoms with Crippen LogP contribution in [-0.2, 0) is 4.79 Å². The van der Waals surface area contributed by atoms with Gasteiger partial charge in [0.25, 0.3) is 0 Å². The zero-order chi connectivity index (χ0) is 19.7. The van der Waals surface area contributed by atoms with Crippen molar-refractivity contribution in [1.29, 1.82) is 0 Å². The Hall–Kier alpha value is -2.73. The number of hydrogen-bond donors (Lipinski definition) is 2. The lowest BCUT2D eigenvalue weighted by Crippen LogP contribution is -2.39. The molecule has 2 N–H and O–H groups in total. The molecule has 0 spiro atoms. The highest BCUT2D eigenvalue weighted by Crippen LogP contribution is 2.36. The number of aliphatic hydroxyl groups is 1. The number of amides is 1. The van der Waals surface area contributed by atoms with Crippen LogP contribution in [0.4, 0.5) is 5.69 Å². The molecule has 0 saturated heterocycles. The van der Waals surface area contributed by atoms with E-state index in [1.165, 1.54) is 0 Å². The van der Waals surface area contributed by atoms with E-state index in [4.69, 9.17) is 4.42 Å². The fraction of sp³-hybridized carbons (Fsp3) is 0.409. The van der Waals surface area contributed by atoms with Gasteiger partial charge in [0, 0.05) is 24.0 Å². The maximum absolute atomic E-state index is 12.9. The van der Waals surface area contributed by atoms with Crippen LogP contribution in [0.5, 0.6) is 0 Å². The van der Waals surface area contributed by atoms with Crippen molar-refractivity contribution in [2.45, 2.75) is 39.2 Å². The molecule has 146 valence electrons. The van der Waals surface area contributed by atoms with Gasteiger partial charge in [-0.3, -0.25) is 9.78 Å². The molecule has 4 rings (SSSR count). The Balaban J connectivity index is 1.55. The third-order valence-corrected chi connectivity index (χ3v) is 5.69. The normalized spacial score (nSPS) is 23.5. The van der Waals surface area contributed by atoms with Gasteiger partial charge in [0.2, 0.25) is 11.8 Å². The maximum Gasteiger partial charge on any atom is 0.228 e. The average molecular weight is 379 g/mol. The third-order valence-electron chi connectivity index (χ3n) is 5.69. The van der Waals surface area contributed by atoms with E-state index in [1.807, 2.05) is 30.3 Å². The molecule has 3 aromatic rings. The standard InChI is InChI=1S/C22H25N3O3/c1-13-5-7-17(14(2)26)18(10-13)21(27)24-16-6-8-20-19(11-16)25-22(28-20)15-4-3-9-23-12-15/h3-4,6,8-9,11-14,17-18,26H,5,7,10H2,1-2H3,(H,24,27)/t13-,14?,17?,18-/m1/s1. The van der Waals surface area contributed by atoms with Crippen molar-refractivity contribution in [3.8, 4) is 11.5 Å². The Labute approximate surface area is 164 Å². The minimum atomic E-state index is -0.483. The van der Waals surface area contributed by atoms with Gasteiger partial charge in [0.15, 0.2) is 5.58 Å². The zero-order valence-electron chi connectivity index (χ0n) is 16.1. The summed E-state index contributed by atoms with van der Waals surface area (Å²) in [7, 11) is 0. The first-order valence-electron chi connectivity index (χ1n) is 9.81. The number of aliphatic hydroxyl groups excluding tert-OH is 1. The smallest absolute Gasteiger partial charge is 0.228 e. The van der Waals surface area contributed by atoms with Gasteiger partial charge in [-0.05, 0) is 61.9 Å². The summed E-state index contributed by atoms with van der Waals surface area (Å²) in [6.45, 7) is 3.95. The number of fused-ring (bicyclic) bond motifs is 1. The van der Waals surface area contributed by atoms with Crippen LogP contribution in [0.2, 0.25) is 0 Å². The van der Waals surface area contributed by atoms with Crippen molar-refractivity contribution < 1.29 is 14.3 Å². The van der Waals surface area contributed by atoms with Crippen LogP contribution in [-0.4, -0.2) is 27.1 Å². The second-order valence-corrected chi connectivity index (χ2v) is 7.86. The Bertz CT molecular complexity index is 968. The van der Waals surface area contributed by atoms with Crippen LogP contribution in [0.1, 0.15) is 33.1 Å². The van der Waals surface area contributed by atoms with Gasteiger partial charge in [0.05, 0.1) is 11.7 Å². The number of benzene rings is 1. The first-order valence-corrected chi connectivity index (χ1v) is 9.81. The lowest BCUT2D eigenvalue weighted by Gasteiger charge is -2.35. The van der Waals surface area contributed by atoms with E-state index in [1.54, 1.807) is 19.3 Å². The quantitative estimate of drug-likeness (QED) is 0.707. The Morgan fingerprint density at radius 1 is 1.32 bits per heavy atom. The molecule has 0 radical (unpaired) electrons. The number of rotatable bonds is 4. The predicted octanol–water partition coefficient (Wildman–Crippen LogP) is 4.26. The van der Waals surface area contributed by atoms with Crippen LogP contribution in [0.25, 0.3) is 22.6 Å². The zero-order valence-corrected chi connectivity index (χ0v) is 16.1. The molecule has 1 aliphatic carbocycles. The van der Waals surface area contributed by atoms with Gasteiger partial charge in [-0.25, -0.2) is 4.98 Å². The first-order chi connectivity index (χ1) is 13.5. The van der Waals surface area contributed by atoms with E-state index < -0.39 is 6.10 Å². The topological polar surface area (TPSA) is 88.2 Å². The van der Waals surface area contributed by atoms with Gasteiger partial charge >= 0.3 is 0 Å². The van der Waals surface area contributed by atoms with E-state index in [0.29, 0.717) is 28.6 Å². The molecule has 1 amide bonds. The second-order valence-electron chi connectivity index (χ2n) is 7.86. The van der Waals surface area contributed by atoms with E-state index in [9.17, 15) is 9.90 Å². The molecular formula is C22H25N3O3. The lowest BCUT2D eigenvalue weighted by molar-refractivity contribution is -0.125. The number of oxazole rings is 1. The Morgan fingerprint density at radius 3 is 2.93 bits per heavy atom. The van der Waals surface area contributed by atoms with Gasteiger partial charge in [-0.15, -0.1) is 0 Å². The van der Waals surface area contributed by atoms with Gasteiger partial charge < -0.3 is 14.8 Å². The van der Waals surface area contributed by atoms with Crippen molar-refractivity contribution in [3.05, 3.63) is 42.7 Å². The second kappa shape index (κ2) is 7.72. The van der Waals surface area contributed by atoms with Gasteiger partial charge in [-0.2, -0.15) is 0 Å². The summed E-state index contributed by atoms with van der Waals surface area (Å²) in [4.78, 5) is 21.5. The summed E-state index contributed by atoms with van der Waals surface area (Å²) in [6.07, 6.45) is 5.66. The molecule has 0 bridgehead atoms. The number of nitrogens with zero attached hydrogens (tertiary/aromatic N) is 2. The number of hydrogen-bond acceptors (Lipinski definition) is 5. The maximum atomic E-state index is 12.9. The van der Waals surface area contributed by atoms with E-state index in [2.05, 4.69) is 22.2 Å². The molecule has 2 unspecified atom stereocenters. The number of anilines is 1. The molecule has 28 heavy (non-hydrogen) atoms.